The van der Waals surface area contributed by atoms with E-state index < -0.39 is 24.2 Å². The number of hydrogen-bond acceptors (Lipinski definition) is 6. The van der Waals surface area contributed by atoms with Crippen molar-refractivity contribution in [3.8, 4) is 11.4 Å². The van der Waals surface area contributed by atoms with Crippen molar-refractivity contribution < 1.29 is 23.4 Å². The molecule has 172 valence electrons. The number of aryl methyl sites for hydroxylation is 1. The van der Waals surface area contributed by atoms with Gasteiger partial charge in [0.25, 0.3) is 0 Å². The van der Waals surface area contributed by atoms with Crippen LogP contribution >= 0.6 is 0 Å². The number of aromatic amines is 1. The van der Waals surface area contributed by atoms with Crippen molar-refractivity contribution >= 4 is 6.09 Å². The number of carbonyl (C=O) groups is 1. The first kappa shape index (κ1) is 22.5. The minimum atomic E-state index is -3.44. The number of aliphatic hydroxyl groups is 1. The highest BCUT2D eigenvalue weighted by Gasteiger charge is 2.39. The van der Waals surface area contributed by atoms with E-state index in [-0.39, 0.29) is 12.2 Å². The van der Waals surface area contributed by atoms with Crippen LogP contribution in [0.5, 0.6) is 0 Å². The molecule has 2 unspecified atom stereocenters. The number of rotatable bonds is 9. The molecule has 10 heteroatoms. The van der Waals surface area contributed by atoms with Crippen LogP contribution in [0.25, 0.3) is 11.4 Å². The molecule has 1 aliphatic heterocycles. The fourth-order valence-corrected chi connectivity index (χ4v) is 3.63. The highest BCUT2D eigenvalue weighted by Crippen LogP contribution is 2.32. The molecule has 4 rings (SSSR count). The lowest BCUT2D eigenvalue weighted by atomic mass is 10.0. The molecular formula is C23H23F2N5O3. The first-order chi connectivity index (χ1) is 15.9. The number of ether oxygens (including phenoxy) is 1. The highest BCUT2D eigenvalue weighted by atomic mass is 19.3. The molecule has 0 radical (unpaired) electrons. The molecule has 2 heterocycles. The Morgan fingerprint density at radius 2 is 1.97 bits per heavy atom. The second kappa shape index (κ2) is 9.86. The average Bonchev–Trinajstić information content (AvgIpc) is 3.49. The minimum absolute atomic E-state index is 0.0539. The first-order valence-electron chi connectivity index (χ1n) is 10.5. The van der Waals surface area contributed by atoms with Gasteiger partial charge in [-0.25, -0.2) is 4.79 Å². The van der Waals surface area contributed by atoms with Gasteiger partial charge in [0.05, 0.1) is 6.04 Å². The molecule has 2 aromatic carbocycles. The van der Waals surface area contributed by atoms with Crippen molar-refractivity contribution in [3.05, 3.63) is 77.9 Å². The molecule has 33 heavy (non-hydrogen) atoms. The smallest absolute Gasteiger partial charge is 0.410 e. The zero-order chi connectivity index (χ0) is 23.3. The number of alkyl halides is 2. The van der Waals surface area contributed by atoms with Gasteiger partial charge in [-0.2, -0.15) is 14.0 Å². The predicted molar refractivity (Wildman–Crippen MR) is 115 cm³/mol. The molecule has 0 saturated carbocycles. The molecule has 0 spiro atoms. The molecule has 2 atom stereocenters. The molecule has 1 amide bonds. The molecule has 1 saturated heterocycles. The van der Waals surface area contributed by atoms with Crippen molar-refractivity contribution in [2.45, 2.75) is 30.9 Å². The van der Waals surface area contributed by atoms with Crippen molar-refractivity contribution in [3.63, 3.8) is 0 Å². The largest absolute Gasteiger partial charge is 0.447 e. The number of nitrogens with one attached hydrogen (secondary N) is 1. The molecular weight excluding hydrogens is 432 g/mol. The molecule has 2 N–H and O–H groups in total. The Hall–Kier alpha value is -3.66. The van der Waals surface area contributed by atoms with E-state index >= 15 is 0 Å². The lowest BCUT2D eigenvalue weighted by molar-refractivity contribution is -0.0929. The third-order valence-corrected chi connectivity index (χ3v) is 5.48. The van der Waals surface area contributed by atoms with Gasteiger partial charge in [-0.05, 0) is 23.6 Å². The van der Waals surface area contributed by atoms with Crippen molar-refractivity contribution in [1.82, 2.24) is 25.5 Å². The SMILES string of the molecule is O=C1OCC(C=CC(O)C(F)(F)c2ccccc2)N1CCCc1ccc(-c2nn[nH]n2)cc1. The van der Waals surface area contributed by atoms with Crippen LogP contribution in [-0.2, 0) is 17.1 Å². The molecule has 0 bridgehead atoms. The second-order valence-electron chi connectivity index (χ2n) is 7.69. The summed E-state index contributed by atoms with van der Waals surface area (Å²) < 4.78 is 34.0. The van der Waals surface area contributed by atoms with Crippen LogP contribution in [-0.4, -0.2) is 62.0 Å². The summed E-state index contributed by atoms with van der Waals surface area (Å²) in [5, 5.41) is 23.9. The van der Waals surface area contributed by atoms with E-state index in [4.69, 9.17) is 4.74 Å². The van der Waals surface area contributed by atoms with Gasteiger partial charge in [-0.1, -0.05) is 66.7 Å². The average molecular weight is 455 g/mol. The molecule has 8 nitrogen and oxygen atoms in total. The van der Waals surface area contributed by atoms with Crippen LogP contribution in [0.3, 0.4) is 0 Å². The van der Waals surface area contributed by atoms with Crippen molar-refractivity contribution in [2.75, 3.05) is 13.2 Å². The number of aliphatic hydroxyl groups excluding tert-OH is 1. The summed E-state index contributed by atoms with van der Waals surface area (Å²) in [5.41, 5.74) is 1.63. The van der Waals surface area contributed by atoms with Crippen LogP contribution in [0.1, 0.15) is 17.5 Å². The number of H-pyrrole nitrogens is 1. The van der Waals surface area contributed by atoms with Gasteiger partial charge in [-0.15, -0.1) is 10.2 Å². The summed E-state index contributed by atoms with van der Waals surface area (Å²) in [6, 6.07) is 14.3. The number of carbonyl (C=O) groups excluding carboxylic acids is 1. The number of cyclic esters (lactones) is 1. The number of tetrazole rings is 1. The number of halogens is 2. The monoisotopic (exact) mass is 455 g/mol. The van der Waals surface area contributed by atoms with Crippen LogP contribution in [0.4, 0.5) is 13.6 Å². The summed E-state index contributed by atoms with van der Waals surface area (Å²) in [6.45, 7) is 0.448. The third kappa shape index (κ3) is 5.23. The standard InChI is InChI=1S/C23H23F2N5O3/c24-23(25,18-6-2-1-3-7-18)20(31)13-12-19-15-33-22(32)30(19)14-4-5-16-8-10-17(11-9-16)21-26-28-29-27-21/h1-3,6-13,19-20,31H,4-5,14-15H2,(H,26,27,28,29). The van der Waals surface area contributed by atoms with Gasteiger partial charge in [0.1, 0.15) is 12.7 Å². The lowest BCUT2D eigenvalue weighted by Crippen LogP contribution is -2.34. The Morgan fingerprint density at radius 1 is 1.21 bits per heavy atom. The van der Waals surface area contributed by atoms with Crippen LogP contribution in [0, 0.1) is 0 Å². The van der Waals surface area contributed by atoms with Crippen LogP contribution in [0.2, 0.25) is 0 Å². The minimum Gasteiger partial charge on any atom is -0.447 e. The fraction of sp³-hybridized carbons (Fsp3) is 0.304. The molecule has 3 aromatic rings. The number of hydrogen-bond donors (Lipinski definition) is 2. The Labute approximate surface area is 188 Å². The van der Waals surface area contributed by atoms with Crippen LogP contribution in [0.15, 0.2) is 66.7 Å². The van der Waals surface area contributed by atoms with E-state index in [0.29, 0.717) is 25.2 Å². The van der Waals surface area contributed by atoms with Crippen molar-refractivity contribution in [1.29, 1.82) is 0 Å². The maximum Gasteiger partial charge on any atom is 0.410 e. The topological polar surface area (TPSA) is 104 Å². The predicted octanol–water partition coefficient (Wildman–Crippen LogP) is 3.33. The Balaban J connectivity index is 1.32. The molecule has 1 aromatic heterocycles. The summed E-state index contributed by atoms with van der Waals surface area (Å²) in [4.78, 5) is 13.6. The van der Waals surface area contributed by atoms with E-state index in [9.17, 15) is 18.7 Å². The quantitative estimate of drug-likeness (QED) is 0.480. The zero-order valence-corrected chi connectivity index (χ0v) is 17.6. The van der Waals surface area contributed by atoms with Gasteiger partial charge < -0.3 is 9.84 Å². The van der Waals surface area contributed by atoms with E-state index in [2.05, 4.69) is 20.6 Å². The van der Waals surface area contributed by atoms with Gasteiger partial charge in [0.2, 0.25) is 5.82 Å². The Kier molecular flexibility index (Phi) is 6.74. The third-order valence-electron chi connectivity index (χ3n) is 5.48. The summed E-state index contributed by atoms with van der Waals surface area (Å²) in [5.74, 6) is -2.93. The lowest BCUT2D eigenvalue weighted by Gasteiger charge is -2.22. The normalized spacial score (nSPS) is 17.5. The Morgan fingerprint density at radius 3 is 2.67 bits per heavy atom. The van der Waals surface area contributed by atoms with Gasteiger partial charge in [0.15, 0.2) is 0 Å². The van der Waals surface area contributed by atoms with Gasteiger partial charge >= 0.3 is 12.0 Å². The maximum atomic E-state index is 14.5. The summed E-state index contributed by atoms with van der Waals surface area (Å²) >= 11 is 0. The Bertz CT molecular complexity index is 1080. The number of aromatic nitrogens is 4. The second-order valence-corrected chi connectivity index (χ2v) is 7.69. The number of benzene rings is 2. The summed E-state index contributed by atoms with van der Waals surface area (Å²) in [7, 11) is 0. The fourth-order valence-electron chi connectivity index (χ4n) is 3.63. The van der Waals surface area contributed by atoms with E-state index in [1.165, 1.54) is 35.2 Å². The molecule has 1 aliphatic rings. The molecule has 0 aliphatic carbocycles. The maximum absolute atomic E-state index is 14.5. The van der Waals surface area contributed by atoms with Crippen molar-refractivity contribution in [2.24, 2.45) is 0 Å². The number of amides is 1. The highest BCUT2D eigenvalue weighted by molar-refractivity contribution is 5.70. The zero-order valence-electron chi connectivity index (χ0n) is 17.6. The van der Waals surface area contributed by atoms with E-state index in [1.54, 1.807) is 6.07 Å². The first-order valence-corrected chi connectivity index (χ1v) is 10.5. The van der Waals surface area contributed by atoms with Gasteiger partial charge in [0, 0.05) is 17.7 Å². The molecule has 1 fully saturated rings. The van der Waals surface area contributed by atoms with E-state index in [0.717, 1.165) is 17.2 Å². The summed E-state index contributed by atoms with van der Waals surface area (Å²) in [6.07, 6.45) is 1.29. The van der Waals surface area contributed by atoms with E-state index in [1.807, 2.05) is 24.3 Å². The van der Waals surface area contributed by atoms with Gasteiger partial charge in [-0.3, -0.25) is 4.90 Å². The number of nitrogens with zero attached hydrogens (tertiary/aromatic N) is 4. The van der Waals surface area contributed by atoms with Crippen LogP contribution < -0.4 is 0 Å².